The Balaban J connectivity index is 0.00000289. The molecule has 6 rings (SSSR count). The maximum Gasteiger partial charge on any atom is 0.348 e. The Hall–Kier alpha value is -2.12. The van der Waals surface area contributed by atoms with Gasteiger partial charge in [-0.15, -0.1) is 11.8 Å². The van der Waals surface area contributed by atoms with E-state index in [1.807, 2.05) is 54.2 Å². The molecular weight excluding hydrogens is 522 g/mol. The van der Waals surface area contributed by atoms with E-state index in [1.165, 1.54) is 4.90 Å². The van der Waals surface area contributed by atoms with Crippen LogP contribution in [0, 0.1) is 5.92 Å². The number of hydrogen-bond donors (Lipinski definition) is 1. The smallest absolute Gasteiger partial charge is 0.348 e. The van der Waals surface area contributed by atoms with Crippen molar-refractivity contribution in [3.63, 3.8) is 0 Å². The topological polar surface area (TPSA) is 46.5 Å². The van der Waals surface area contributed by atoms with Crippen molar-refractivity contribution in [2.45, 2.75) is 29.4 Å². The molecule has 1 N–H and O–H groups in total. The van der Waals surface area contributed by atoms with Crippen molar-refractivity contribution in [1.82, 2.24) is 0 Å². The van der Waals surface area contributed by atoms with Gasteiger partial charge in [-0.25, -0.2) is 4.79 Å². The van der Waals surface area contributed by atoms with Crippen LogP contribution in [-0.2, 0) is 15.1 Å². The van der Waals surface area contributed by atoms with Gasteiger partial charge in [0.15, 0.2) is 6.10 Å². The van der Waals surface area contributed by atoms with E-state index in [0.29, 0.717) is 17.0 Å². The summed E-state index contributed by atoms with van der Waals surface area (Å²) < 4.78 is 7.18. The number of nitrogens with zero attached hydrogens (tertiary/aromatic N) is 1. The number of aliphatic hydroxyl groups is 1. The number of carbonyl (C=O) groups is 1. The van der Waals surface area contributed by atoms with E-state index in [1.54, 1.807) is 24.3 Å². The molecule has 0 aromatic heterocycles. The van der Waals surface area contributed by atoms with Crippen molar-refractivity contribution in [1.29, 1.82) is 0 Å². The Morgan fingerprint density at radius 1 is 0.886 bits per heavy atom. The number of hydrogen-bond acceptors (Lipinski definition) is 4. The maximum atomic E-state index is 13.6. The van der Waals surface area contributed by atoms with E-state index in [4.69, 9.17) is 4.74 Å². The zero-order chi connectivity index (χ0) is 23.4. The molecule has 184 valence electrons. The van der Waals surface area contributed by atoms with Gasteiger partial charge >= 0.3 is 5.97 Å². The highest BCUT2D eigenvalue weighted by molar-refractivity contribution is 7.99. The molecule has 1 atom stereocenters. The average Bonchev–Trinajstić information content (AvgIpc) is 2.90. The van der Waals surface area contributed by atoms with E-state index in [0.717, 1.165) is 49.3 Å². The predicted molar refractivity (Wildman–Crippen MR) is 135 cm³/mol. The second kappa shape index (κ2) is 11.3. The monoisotopic (exact) mass is 553 g/mol. The molecule has 0 radical (unpaired) electrons. The lowest BCUT2D eigenvalue weighted by Crippen LogP contribution is -3.00. The molecule has 4 nitrogen and oxygen atoms in total. The lowest BCUT2D eigenvalue weighted by Gasteiger charge is -2.52. The number of carbonyl (C=O) groups excluding carboxylic acids is 1. The van der Waals surface area contributed by atoms with Crippen molar-refractivity contribution < 1.29 is 36.1 Å². The van der Waals surface area contributed by atoms with Crippen molar-refractivity contribution in [3.8, 4) is 0 Å². The van der Waals surface area contributed by atoms with Gasteiger partial charge in [-0.3, -0.25) is 0 Å². The molecule has 3 heterocycles. The first-order chi connectivity index (χ1) is 16.6. The van der Waals surface area contributed by atoms with Crippen LogP contribution in [0.15, 0.2) is 95.9 Å². The zero-order valence-corrected chi connectivity index (χ0v) is 22.2. The first-order valence-electron chi connectivity index (χ1n) is 12.2. The minimum atomic E-state index is -1.82. The molecule has 2 bridgehead atoms. The van der Waals surface area contributed by atoms with Crippen LogP contribution < -0.4 is 17.0 Å². The zero-order valence-electron chi connectivity index (χ0n) is 19.8. The van der Waals surface area contributed by atoms with Gasteiger partial charge in [0.2, 0.25) is 5.60 Å². The molecule has 0 aliphatic carbocycles. The summed E-state index contributed by atoms with van der Waals surface area (Å²) in [6.45, 7) is 4.21. The van der Waals surface area contributed by atoms with Crippen molar-refractivity contribution in [2.75, 3.05) is 31.9 Å². The van der Waals surface area contributed by atoms with Crippen LogP contribution in [0.25, 0.3) is 0 Å². The highest BCUT2D eigenvalue weighted by Crippen LogP contribution is 2.38. The number of esters is 1. The molecule has 3 aromatic carbocycles. The average molecular weight is 555 g/mol. The lowest BCUT2D eigenvalue weighted by molar-refractivity contribution is -0.943. The van der Waals surface area contributed by atoms with Gasteiger partial charge in [-0.05, 0) is 23.3 Å². The maximum absolute atomic E-state index is 13.6. The van der Waals surface area contributed by atoms with E-state index in [2.05, 4.69) is 24.3 Å². The third kappa shape index (κ3) is 5.51. The normalized spacial score (nSPS) is 23.3. The van der Waals surface area contributed by atoms with Crippen molar-refractivity contribution >= 4 is 17.7 Å². The highest BCUT2D eigenvalue weighted by Gasteiger charge is 2.50. The molecule has 3 aromatic rings. The molecule has 3 saturated heterocycles. The Morgan fingerprint density at radius 3 is 1.94 bits per heavy atom. The summed E-state index contributed by atoms with van der Waals surface area (Å²) in [7, 11) is 0. The molecule has 0 saturated carbocycles. The molecule has 3 aliphatic heterocycles. The van der Waals surface area contributed by atoms with Crippen LogP contribution in [0.2, 0.25) is 0 Å². The summed E-state index contributed by atoms with van der Waals surface area (Å²) in [5.41, 5.74) is -0.742. The molecule has 0 spiro atoms. The van der Waals surface area contributed by atoms with Gasteiger partial charge < -0.3 is 31.3 Å². The van der Waals surface area contributed by atoms with Gasteiger partial charge in [0.25, 0.3) is 0 Å². The van der Waals surface area contributed by atoms with Crippen LogP contribution in [-0.4, -0.2) is 53.6 Å². The Morgan fingerprint density at radius 2 is 1.40 bits per heavy atom. The van der Waals surface area contributed by atoms with Crippen LogP contribution in [0.1, 0.15) is 24.0 Å². The molecule has 0 amide bonds. The summed E-state index contributed by atoms with van der Waals surface area (Å²) >= 11 is 1.90. The van der Waals surface area contributed by atoms with E-state index in [-0.39, 0.29) is 23.1 Å². The third-order valence-electron chi connectivity index (χ3n) is 7.56. The molecule has 3 fully saturated rings. The van der Waals surface area contributed by atoms with Gasteiger partial charge in [-0.1, -0.05) is 78.9 Å². The van der Waals surface area contributed by atoms with Gasteiger partial charge in [0.1, 0.15) is 6.54 Å². The van der Waals surface area contributed by atoms with Gasteiger partial charge in [-0.2, -0.15) is 0 Å². The fourth-order valence-corrected chi connectivity index (χ4v) is 6.59. The second-order valence-electron chi connectivity index (χ2n) is 9.58. The van der Waals surface area contributed by atoms with Crippen LogP contribution in [0.5, 0.6) is 0 Å². The molecule has 6 heteroatoms. The Labute approximate surface area is 222 Å². The number of fused-ring (bicyclic) bond motifs is 3. The fraction of sp³-hybridized carbons (Fsp3) is 0.345. The summed E-state index contributed by atoms with van der Waals surface area (Å²) in [5.74, 6) is 0.856. The number of rotatable bonds is 8. The quantitative estimate of drug-likeness (QED) is 0.263. The Bertz CT molecular complexity index is 1050. The fourth-order valence-electron chi connectivity index (χ4n) is 5.53. The first-order valence-corrected chi connectivity index (χ1v) is 13.2. The number of benzene rings is 3. The molecule has 1 unspecified atom stereocenters. The minimum Gasteiger partial charge on any atom is -1.00 e. The second-order valence-corrected chi connectivity index (χ2v) is 10.7. The predicted octanol–water partition coefficient (Wildman–Crippen LogP) is 1.87. The van der Waals surface area contributed by atoms with E-state index >= 15 is 0 Å². The number of quaternary nitrogens is 1. The number of halogens is 1. The van der Waals surface area contributed by atoms with Crippen molar-refractivity contribution in [2.24, 2.45) is 5.92 Å². The summed E-state index contributed by atoms with van der Waals surface area (Å²) in [5, 5.41) is 11.8. The standard InChI is InChI=1S/C29H32NO3S.BrH/c31-28(29(32,24-10-4-1-5-11-24)25-12-6-2-7-13-25)33-27-22-30(18-16-23(27)17-19-30)20-21-34-26-14-8-3-9-15-26;/h1-15,23,27,32H,16-22H2;1H/q+1;/p-1. The van der Waals surface area contributed by atoms with Crippen LogP contribution >= 0.6 is 11.8 Å². The Kier molecular flexibility index (Phi) is 8.38. The highest BCUT2D eigenvalue weighted by atomic mass is 79.9. The molecule has 3 aliphatic rings. The first kappa shape index (κ1) is 26.0. The van der Waals surface area contributed by atoms with Gasteiger partial charge in [0.05, 0.1) is 19.6 Å². The summed E-state index contributed by atoms with van der Waals surface area (Å²) in [6.07, 6.45) is 1.99. The number of piperidine rings is 3. The van der Waals surface area contributed by atoms with Crippen molar-refractivity contribution in [3.05, 3.63) is 102 Å². The third-order valence-corrected chi connectivity index (χ3v) is 8.55. The van der Waals surface area contributed by atoms with Crippen LogP contribution in [0.3, 0.4) is 0 Å². The number of thioether (sulfide) groups is 1. The van der Waals surface area contributed by atoms with E-state index in [9.17, 15) is 9.90 Å². The van der Waals surface area contributed by atoms with Crippen LogP contribution in [0.4, 0.5) is 0 Å². The van der Waals surface area contributed by atoms with Gasteiger partial charge in [0, 0.05) is 29.4 Å². The number of ether oxygens (including phenoxy) is 1. The molecular formula is C29H32BrNO3S. The lowest BCUT2D eigenvalue weighted by atomic mass is 9.82. The summed E-state index contributed by atoms with van der Waals surface area (Å²) in [6, 6.07) is 28.8. The van der Waals surface area contributed by atoms with E-state index < -0.39 is 11.6 Å². The SMILES string of the molecule is O=C(OC1C[N+]2(CCSc3ccccc3)CCC1CC2)C(O)(c1ccccc1)c1ccccc1.[Br-]. The minimum absolute atomic E-state index is 0. The summed E-state index contributed by atoms with van der Waals surface area (Å²) in [4.78, 5) is 14.9. The molecule has 35 heavy (non-hydrogen) atoms. The largest absolute Gasteiger partial charge is 1.00 e.